The van der Waals surface area contributed by atoms with Crippen molar-refractivity contribution >= 4 is 45.6 Å². The van der Waals surface area contributed by atoms with Gasteiger partial charge in [0.25, 0.3) is 0 Å². The van der Waals surface area contributed by atoms with Gasteiger partial charge in [-0.2, -0.15) is 0 Å². The van der Waals surface area contributed by atoms with Crippen LogP contribution in [0.5, 0.6) is 5.75 Å². The number of methoxy groups -OCH3 is 1. The zero-order valence-electron chi connectivity index (χ0n) is 11.9. The number of hydrogen-bond donors (Lipinski definition) is 1. The molecule has 0 aliphatic heterocycles. The molecule has 0 spiro atoms. The molecule has 0 unspecified atom stereocenters. The zero-order valence-corrected chi connectivity index (χ0v) is 14.2. The van der Waals surface area contributed by atoms with Crippen molar-refractivity contribution in [2.24, 2.45) is 0 Å². The molecule has 2 rings (SSSR count). The van der Waals surface area contributed by atoms with Gasteiger partial charge in [0, 0.05) is 16.5 Å². The largest absolute Gasteiger partial charge is 0.497 e. The number of anilines is 1. The van der Waals surface area contributed by atoms with Crippen molar-refractivity contribution in [2.75, 3.05) is 12.4 Å². The first-order valence-electron chi connectivity index (χ1n) is 6.41. The van der Waals surface area contributed by atoms with Crippen LogP contribution in [0.4, 0.5) is 5.69 Å². The molecular weight excluding hydrogens is 322 g/mol. The second-order valence-corrected chi connectivity index (χ2v) is 6.57. The maximum Gasteiger partial charge on any atom is 0.138 e. The van der Waals surface area contributed by atoms with Crippen LogP contribution in [0.15, 0.2) is 42.5 Å². The molecule has 0 aromatic heterocycles. The lowest BCUT2D eigenvalue weighted by molar-refractivity contribution is 0.414. The molecule has 0 aliphatic rings. The molecule has 0 bridgehead atoms. The van der Waals surface area contributed by atoms with E-state index in [0.29, 0.717) is 0 Å². The van der Waals surface area contributed by atoms with Crippen molar-refractivity contribution < 1.29 is 4.74 Å². The Hall–Kier alpha value is -1.23. The van der Waals surface area contributed by atoms with Crippen molar-refractivity contribution in [1.29, 1.82) is 0 Å². The van der Waals surface area contributed by atoms with E-state index in [9.17, 15) is 0 Å². The molecule has 2 aromatic carbocycles. The van der Waals surface area contributed by atoms with E-state index in [1.54, 1.807) is 18.9 Å². The first-order chi connectivity index (χ1) is 10.1. The van der Waals surface area contributed by atoms with E-state index in [4.69, 9.17) is 28.6 Å². The predicted octanol–water partition coefficient (Wildman–Crippen LogP) is 5.29. The molecule has 1 N–H and O–H groups in total. The molecule has 0 saturated carbocycles. The van der Waals surface area contributed by atoms with Crippen molar-refractivity contribution in [3.05, 3.63) is 58.6 Å². The van der Waals surface area contributed by atoms with Gasteiger partial charge in [-0.1, -0.05) is 47.7 Å². The van der Waals surface area contributed by atoms with Crippen molar-refractivity contribution in [1.82, 2.24) is 0 Å². The predicted molar refractivity (Wildman–Crippen MR) is 96.7 cm³/mol. The van der Waals surface area contributed by atoms with Gasteiger partial charge in [0.05, 0.1) is 7.11 Å². The summed E-state index contributed by atoms with van der Waals surface area (Å²) in [6, 6.07) is 13.8. The first kappa shape index (κ1) is 16.1. The Bertz CT molecular complexity index is 629. The van der Waals surface area contributed by atoms with Crippen LogP contribution in [-0.2, 0) is 5.75 Å². The monoisotopic (exact) mass is 337 g/mol. The van der Waals surface area contributed by atoms with E-state index in [2.05, 4.69) is 5.32 Å². The Morgan fingerprint density at radius 1 is 1.24 bits per heavy atom. The zero-order chi connectivity index (χ0) is 15.2. The molecule has 0 heterocycles. The standard InChI is InChI=1S/C16H16ClNOS2/c1-11-9-13(5-8-15(11)17)18-16(20)21-10-12-3-6-14(19-2)7-4-12/h3-9H,10H2,1-2H3,(H,18,20). The van der Waals surface area contributed by atoms with Gasteiger partial charge >= 0.3 is 0 Å². The summed E-state index contributed by atoms with van der Waals surface area (Å²) in [4.78, 5) is 0. The number of nitrogens with one attached hydrogen (secondary N) is 1. The molecule has 0 saturated heterocycles. The van der Waals surface area contributed by atoms with Crippen LogP contribution in [-0.4, -0.2) is 11.4 Å². The number of rotatable bonds is 4. The van der Waals surface area contributed by atoms with Crippen LogP contribution in [0, 0.1) is 6.92 Å². The highest BCUT2D eigenvalue weighted by atomic mass is 35.5. The van der Waals surface area contributed by atoms with E-state index in [-0.39, 0.29) is 0 Å². The molecule has 0 amide bonds. The van der Waals surface area contributed by atoms with E-state index in [1.165, 1.54) is 5.56 Å². The van der Waals surface area contributed by atoms with Crippen molar-refractivity contribution in [3.63, 3.8) is 0 Å². The molecular formula is C16H16ClNOS2. The van der Waals surface area contributed by atoms with Crippen molar-refractivity contribution in [3.8, 4) is 5.75 Å². The topological polar surface area (TPSA) is 21.3 Å². The molecule has 5 heteroatoms. The molecule has 0 radical (unpaired) electrons. The quantitative estimate of drug-likeness (QED) is 0.765. The van der Waals surface area contributed by atoms with Crippen LogP contribution in [0.25, 0.3) is 0 Å². The third-order valence-corrected chi connectivity index (χ3v) is 4.65. The number of ether oxygens (including phenoxy) is 1. The maximum absolute atomic E-state index is 6.01. The van der Waals surface area contributed by atoms with Gasteiger partial charge in [-0.05, 0) is 48.4 Å². The Morgan fingerprint density at radius 3 is 2.57 bits per heavy atom. The Labute approximate surface area is 139 Å². The maximum atomic E-state index is 6.01. The Kier molecular flexibility index (Phi) is 5.91. The van der Waals surface area contributed by atoms with Gasteiger partial charge < -0.3 is 10.1 Å². The van der Waals surface area contributed by atoms with Crippen LogP contribution >= 0.6 is 35.6 Å². The van der Waals surface area contributed by atoms with Crippen LogP contribution in [0.1, 0.15) is 11.1 Å². The fraction of sp³-hybridized carbons (Fsp3) is 0.188. The summed E-state index contributed by atoms with van der Waals surface area (Å²) in [5.74, 6) is 1.68. The minimum atomic E-state index is 0.743. The molecule has 2 nitrogen and oxygen atoms in total. The van der Waals surface area contributed by atoms with E-state index < -0.39 is 0 Å². The second kappa shape index (κ2) is 7.69. The van der Waals surface area contributed by atoms with E-state index >= 15 is 0 Å². The number of aryl methyl sites for hydroxylation is 1. The molecule has 2 aromatic rings. The molecule has 21 heavy (non-hydrogen) atoms. The normalized spacial score (nSPS) is 10.2. The van der Waals surface area contributed by atoms with E-state index in [1.807, 2.05) is 49.4 Å². The number of hydrogen-bond acceptors (Lipinski definition) is 3. The molecule has 0 fully saturated rings. The highest BCUT2D eigenvalue weighted by Crippen LogP contribution is 2.22. The fourth-order valence-corrected chi connectivity index (χ4v) is 2.84. The number of benzene rings is 2. The van der Waals surface area contributed by atoms with Crippen LogP contribution < -0.4 is 10.1 Å². The summed E-state index contributed by atoms with van der Waals surface area (Å²) < 4.78 is 5.88. The summed E-state index contributed by atoms with van der Waals surface area (Å²) in [7, 11) is 1.66. The SMILES string of the molecule is COc1ccc(CSC(=S)Nc2ccc(Cl)c(C)c2)cc1. The van der Waals surface area contributed by atoms with Crippen LogP contribution in [0.2, 0.25) is 5.02 Å². The molecule has 0 atom stereocenters. The molecule has 0 aliphatic carbocycles. The van der Waals surface area contributed by atoms with Gasteiger partial charge in [-0.25, -0.2) is 0 Å². The molecule has 110 valence electrons. The van der Waals surface area contributed by atoms with Gasteiger partial charge in [0.2, 0.25) is 0 Å². The summed E-state index contributed by atoms with van der Waals surface area (Å²) >= 11 is 13.0. The third-order valence-electron chi connectivity index (χ3n) is 2.93. The average molecular weight is 338 g/mol. The number of thioether (sulfide) groups is 1. The summed E-state index contributed by atoms with van der Waals surface area (Å²) in [6.45, 7) is 1.97. The average Bonchev–Trinajstić information content (AvgIpc) is 2.49. The van der Waals surface area contributed by atoms with Crippen molar-refractivity contribution in [2.45, 2.75) is 12.7 Å². The van der Waals surface area contributed by atoms with Gasteiger partial charge in [0.15, 0.2) is 0 Å². The number of thiocarbonyl (C=S) groups is 1. The lowest BCUT2D eigenvalue weighted by Crippen LogP contribution is -2.05. The first-order valence-corrected chi connectivity index (χ1v) is 8.18. The highest BCUT2D eigenvalue weighted by molar-refractivity contribution is 8.22. The fourth-order valence-electron chi connectivity index (χ4n) is 1.75. The lowest BCUT2D eigenvalue weighted by atomic mass is 10.2. The van der Waals surface area contributed by atoms with Gasteiger partial charge in [-0.15, -0.1) is 0 Å². The minimum absolute atomic E-state index is 0.743. The minimum Gasteiger partial charge on any atom is -0.497 e. The van der Waals surface area contributed by atoms with Gasteiger partial charge in [0.1, 0.15) is 10.1 Å². The van der Waals surface area contributed by atoms with Crippen LogP contribution in [0.3, 0.4) is 0 Å². The van der Waals surface area contributed by atoms with Gasteiger partial charge in [-0.3, -0.25) is 0 Å². The summed E-state index contributed by atoms with van der Waals surface area (Å²) in [6.07, 6.45) is 0. The van der Waals surface area contributed by atoms with E-state index in [0.717, 1.165) is 32.1 Å². The second-order valence-electron chi connectivity index (χ2n) is 4.51. The highest BCUT2D eigenvalue weighted by Gasteiger charge is 2.02. The third kappa shape index (κ3) is 4.92. The number of halogens is 1. The summed E-state index contributed by atoms with van der Waals surface area (Å²) in [5.41, 5.74) is 3.20. The summed E-state index contributed by atoms with van der Waals surface area (Å²) in [5, 5.41) is 3.98. The Balaban J connectivity index is 1.87. The smallest absolute Gasteiger partial charge is 0.138 e. The lowest BCUT2D eigenvalue weighted by Gasteiger charge is -2.09. The Morgan fingerprint density at radius 2 is 1.95 bits per heavy atom.